The van der Waals surface area contributed by atoms with Gasteiger partial charge in [-0.2, -0.15) is 0 Å². The molecule has 0 aromatic heterocycles. The van der Waals surface area contributed by atoms with Crippen molar-refractivity contribution >= 4 is 11.6 Å². The molecular weight excluding hydrogens is 312 g/mol. The summed E-state index contributed by atoms with van der Waals surface area (Å²) < 4.78 is 0. The summed E-state index contributed by atoms with van der Waals surface area (Å²) in [4.78, 5) is 24.4. The first-order chi connectivity index (χ1) is 11.8. The van der Waals surface area contributed by atoms with Crippen LogP contribution in [0.15, 0.2) is 23.5 Å². The van der Waals surface area contributed by atoms with Crippen LogP contribution in [0.2, 0.25) is 0 Å². The van der Waals surface area contributed by atoms with Crippen molar-refractivity contribution in [3.8, 4) is 0 Å². The van der Waals surface area contributed by atoms with Gasteiger partial charge in [0.1, 0.15) is 5.78 Å². The van der Waals surface area contributed by atoms with Crippen molar-refractivity contribution in [3.63, 3.8) is 0 Å². The zero-order valence-electron chi connectivity index (χ0n) is 15.7. The number of carbonyl (C=O) groups excluding carboxylic acids is 2. The molecule has 136 valence electrons. The van der Waals surface area contributed by atoms with Crippen molar-refractivity contribution in [2.24, 2.45) is 34.5 Å². The molecule has 3 nitrogen and oxygen atoms in total. The van der Waals surface area contributed by atoms with Crippen LogP contribution in [0.3, 0.4) is 0 Å². The van der Waals surface area contributed by atoms with E-state index in [1.165, 1.54) is 12.0 Å². The molecule has 4 aliphatic rings. The Bertz CT molecular complexity index is 687. The Hall–Kier alpha value is -1.38. The second-order valence-corrected chi connectivity index (χ2v) is 9.48. The fourth-order valence-corrected chi connectivity index (χ4v) is 7.32. The fourth-order valence-electron chi connectivity index (χ4n) is 7.32. The molecule has 0 heterocycles. The molecule has 0 amide bonds. The normalized spacial score (nSPS) is 47.7. The Labute approximate surface area is 150 Å². The molecule has 0 spiro atoms. The van der Waals surface area contributed by atoms with Crippen LogP contribution >= 0.6 is 0 Å². The summed E-state index contributed by atoms with van der Waals surface area (Å²) in [7, 11) is 0. The van der Waals surface area contributed by atoms with Gasteiger partial charge in [-0.1, -0.05) is 19.4 Å². The van der Waals surface area contributed by atoms with Gasteiger partial charge in [-0.05, 0) is 86.5 Å². The zero-order chi connectivity index (χ0) is 18.0. The Morgan fingerprint density at radius 1 is 1.20 bits per heavy atom. The van der Waals surface area contributed by atoms with Crippen molar-refractivity contribution < 1.29 is 14.7 Å². The number of carbonyl (C=O) groups is 2. The molecule has 3 saturated carbocycles. The van der Waals surface area contributed by atoms with Gasteiger partial charge in [0.05, 0.1) is 6.26 Å². The van der Waals surface area contributed by atoms with E-state index in [2.05, 4.69) is 13.8 Å². The maximum absolute atomic E-state index is 12.2. The third kappa shape index (κ3) is 2.23. The molecule has 1 N–H and O–H groups in total. The summed E-state index contributed by atoms with van der Waals surface area (Å²) in [5.74, 6) is 2.46. The second-order valence-electron chi connectivity index (χ2n) is 9.48. The highest BCUT2D eigenvalue weighted by molar-refractivity contribution is 6.05. The summed E-state index contributed by atoms with van der Waals surface area (Å²) in [6.45, 7) is 6.45. The first-order valence-electron chi connectivity index (χ1n) is 9.90. The molecule has 3 fully saturated rings. The Kier molecular flexibility index (Phi) is 3.79. The van der Waals surface area contributed by atoms with Gasteiger partial charge in [-0.3, -0.25) is 9.59 Å². The van der Waals surface area contributed by atoms with E-state index in [0.29, 0.717) is 35.5 Å². The number of rotatable bonds is 1. The van der Waals surface area contributed by atoms with Crippen molar-refractivity contribution in [1.82, 2.24) is 0 Å². The van der Waals surface area contributed by atoms with E-state index < -0.39 is 0 Å². The molecule has 6 atom stereocenters. The summed E-state index contributed by atoms with van der Waals surface area (Å²) in [6.07, 6.45) is 10.2. The van der Waals surface area contributed by atoms with E-state index in [1.807, 2.05) is 6.08 Å². The van der Waals surface area contributed by atoms with Gasteiger partial charge in [-0.25, -0.2) is 0 Å². The predicted molar refractivity (Wildman–Crippen MR) is 97.0 cm³/mol. The van der Waals surface area contributed by atoms with Crippen LogP contribution in [0.5, 0.6) is 0 Å². The van der Waals surface area contributed by atoms with Crippen LogP contribution in [-0.2, 0) is 9.59 Å². The number of aliphatic hydroxyl groups excluding tert-OH is 1. The first kappa shape index (κ1) is 17.1. The number of allylic oxidation sites excluding steroid dienone is 2. The SMILES string of the molecule is CC(=O)C1CCC2C3CCC4=CC(=O)/C(=C\O)CC4(C)C3CCC12C. The average molecular weight is 342 g/mol. The van der Waals surface area contributed by atoms with Crippen LogP contribution < -0.4 is 0 Å². The number of ketones is 2. The van der Waals surface area contributed by atoms with E-state index >= 15 is 0 Å². The topological polar surface area (TPSA) is 54.4 Å². The molecule has 0 radical (unpaired) electrons. The minimum atomic E-state index is -0.00779. The van der Waals surface area contributed by atoms with Gasteiger partial charge in [0.15, 0.2) is 5.78 Å². The molecule has 0 aromatic carbocycles. The number of aliphatic hydroxyl groups is 1. The van der Waals surface area contributed by atoms with E-state index in [-0.39, 0.29) is 22.5 Å². The Balaban J connectivity index is 1.69. The summed E-state index contributed by atoms with van der Waals surface area (Å²) >= 11 is 0. The molecule has 0 aliphatic heterocycles. The third-order valence-electron chi connectivity index (χ3n) is 8.56. The lowest BCUT2D eigenvalue weighted by Crippen LogP contribution is -2.51. The number of Topliss-reactive ketones (excluding diaryl/α,β-unsaturated/α-hetero) is 1. The first-order valence-corrected chi connectivity index (χ1v) is 9.90. The van der Waals surface area contributed by atoms with Gasteiger partial charge in [-0.15, -0.1) is 0 Å². The van der Waals surface area contributed by atoms with Crippen LogP contribution in [0.25, 0.3) is 0 Å². The summed E-state index contributed by atoms with van der Waals surface area (Å²) in [5.41, 5.74) is 2.04. The molecule has 0 bridgehead atoms. The molecule has 4 aliphatic carbocycles. The van der Waals surface area contributed by atoms with Crippen LogP contribution in [0.1, 0.15) is 65.7 Å². The van der Waals surface area contributed by atoms with E-state index in [0.717, 1.165) is 38.4 Å². The average Bonchev–Trinajstić information content (AvgIpc) is 2.92. The van der Waals surface area contributed by atoms with E-state index in [1.54, 1.807) is 6.92 Å². The van der Waals surface area contributed by atoms with Gasteiger partial charge in [0, 0.05) is 11.5 Å². The van der Waals surface area contributed by atoms with E-state index in [9.17, 15) is 14.7 Å². The maximum atomic E-state index is 12.2. The maximum Gasteiger partial charge on any atom is 0.184 e. The predicted octanol–water partition coefficient (Wildman–Crippen LogP) is 4.78. The lowest BCUT2D eigenvalue weighted by atomic mass is 9.46. The van der Waals surface area contributed by atoms with Crippen molar-refractivity contribution in [2.45, 2.75) is 65.7 Å². The minimum absolute atomic E-state index is 0.00102. The summed E-state index contributed by atoms with van der Waals surface area (Å²) in [6, 6.07) is 0. The quantitative estimate of drug-likeness (QED) is 0.551. The highest BCUT2D eigenvalue weighted by Crippen LogP contribution is 2.66. The lowest BCUT2D eigenvalue weighted by Gasteiger charge is -2.58. The molecule has 3 heteroatoms. The highest BCUT2D eigenvalue weighted by Gasteiger charge is 2.59. The van der Waals surface area contributed by atoms with E-state index in [4.69, 9.17) is 0 Å². The smallest absolute Gasteiger partial charge is 0.184 e. The monoisotopic (exact) mass is 342 g/mol. The van der Waals surface area contributed by atoms with Gasteiger partial charge < -0.3 is 5.11 Å². The van der Waals surface area contributed by atoms with Gasteiger partial charge in [0.25, 0.3) is 0 Å². The fraction of sp³-hybridized carbons (Fsp3) is 0.727. The van der Waals surface area contributed by atoms with Gasteiger partial charge >= 0.3 is 0 Å². The number of hydrogen-bond donors (Lipinski definition) is 1. The molecule has 0 aromatic rings. The number of hydrogen-bond acceptors (Lipinski definition) is 3. The molecule has 25 heavy (non-hydrogen) atoms. The molecule has 4 rings (SSSR count). The highest BCUT2D eigenvalue weighted by atomic mass is 16.2. The van der Waals surface area contributed by atoms with Gasteiger partial charge in [0.2, 0.25) is 0 Å². The second kappa shape index (κ2) is 5.56. The van der Waals surface area contributed by atoms with Crippen molar-refractivity contribution in [2.75, 3.05) is 0 Å². The molecular formula is C22H30O3. The van der Waals surface area contributed by atoms with Crippen molar-refractivity contribution in [1.29, 1.82) is 0 Å². The molecule has 0 saturated heterocycles. The lowest BCUT2D eigenvalue weighted by molar-refractivity contribution is -0.128. The van der Waals surface area contributed by atoms with Crippen LogP contribution in [-0.4, -0.2) is 16.7 Å². The summed E-state index contributed by atoms with van der Waals surface area (Å²) in [5, 5.41) is 9.50. The zero-order valence-corrected chi connectivity index (χ0v) is 15.7. The minimum Gasteiger partial charge on any atom is -0.515 e. The Morgan fingerprint density at radius 2 is 1.96 bits per heavy atom. The Morgan fingerprint density at radius 3 is 2.64 bits per heavy atom. The largest absolute Gasteiger partial charge is 0.515 e. The molecule has 6 unspecified atom stereocenters. The van der Waals surface area contributed by atoms with Crippen LogP contribution in [0, 0.1) is 34.5 Å². The standard InChI is InChI=1S/C22H30O3/c1-13(24)17-6-7-18-16-5-4-15-10-20(25)14(12-23)11-22(15,3)19(16)8-9-21(17,18)2/h10,12,16-19,23H,4-9,11H2,1-3H3/b14-12-. The van der Waals surface area contributed by atoms with Crippen molar-refractivity contribution in [3.05, 3.63) is 23.5 Å². The van der Waals surface area contributed by atoms with Crippen LogP contribution in [0.4, 0.5) is 0 Å². The third-order valence-corrected chi connectivity index (χ3v) is 8.56. The number of fused-ring (bicyclic) bond motifs is 5.